The molecule has 1 aliphatic rings. The van der Waals surface area contributed by atoms with Crippen molar-refractivity contribution in [3.63, 3.8) is 0 Å². The number of aryl methyl sites for hydroxylation is 1. The van der Waals surface area contributed by atoms with E-state index in [2.05, 4.69) is 21.9 Å². The summed E-state index contributed by atoms with van der Waals surface area (Å²) in [6.45, 7) is 4.15. The van der Waals surface area contributed by atoms with Crippen molar-refractivity contribution >= 4 is 5.95 Å². The first-order valence-corrected chi connectivity index (χ1v) is 6.17. The van der Waals surface area contributed by atoms with E-state index in [9.17, 15) is 0 Å². The second kappa shape index (κ2) is 4.76. The molecule has 0 spiro atoms. The largest absolute Gasteiger partial charge is 0.368 e. The summed E-state index contributed by atoms with van der Waals surface area (Å²) in [7, 11) is 0. The molecule has 1 aliphatic carbocycles. The van der Waals surface area contributed by atoms with Crippen molar-refractivity contribution in [3.05, 3.63) is 11.6 Å². The highest BCUT2D eigenvalue weighted by Crippen LogP contribution is 2.35. The zero-order chi connectivity index (χ0) is 11.5. The summed E-state index contributed by atoms with van der Waals surface area (Å²) in [5.74, 6) is 3.39. The third kappa shape index (κ3) is 2.49. The molecule has 0 atom stereocenters. The van der Waals surface area contributed by atoms with E-state index in [0.29, 0.717) is 11.9 Å². The molecule has 1 aromatic rings. The summed E-state index contributed by atoms with van der Waals surface area (Å²) in [5.41, 5.74) is 5.66. The van der Waals surface area contributed by atoms with Crippen LogP contribution in [0.5, 0.6) is 0 Å². The van der Waals surface area contributed by atoms with E-state index in [-0.39, 0.29) is 0 Å². The number of rotatable bonds is 2. The fourth-order valence-electron chi connectivity index (χ4n) is 2.54. The van der Waals surface area contributed by atoms with E-state index in [1.54, 1.807) is 0 Å². The number of hydrogen-bond acceptors (Lipinski definition) is 4. The van der Waals surface area contributed by atoms with Gasteiger partial charge in [-0.05, 0) is 38.5 Å². The van der Waals surface area contributed by atoms with Crippen molar-refractivity contribution in [2.24, 2.45) is 5.92 Å². The van der Waals surface area contributed by atoms with E-state index in [1.165, 1.54) is 32.1 Å². The SMILES string of the molecule is CCC1CCC(c2nc(C)nc(N)n2)CC1. The molecule has 0 aromatic carbocycles. The molecule has 2 rings (SSSR count). The van der Waals surface area contributed by atoms with Gasteiger partial charge in [-0.3, -0.25) is 0 Å². The van der Waals surface area contributed by atoms with Gasteiger partial charge >= 0.3 is 0 Å². The number of nitrogens with two attached hydrogens (primary N) is 1. The number of anilines is 1. The summed E-state index contributed by atoms with van der Waals surface area (Å²) in [4.78, 5) is 12.7. The molecule has 4 heteroatoms. The van der Waals surface area contributed by atoms with Gasteiger partial charge in [0.25, 0.3) is 0 Å². The predicted molar refractivity (Wildman–Crippen MR) is 64.0 cm³/mol. The summed E-state index contributed by atoms with van der Waals surface area (Å²) < 4.78 is 0. The monoisotopic (exact) mass is 220 g/mol. The molecule has 0 unspecified atom stereocenters. The molecule has 0 amide bonds. The van der Waals surface area contributed by atoms with Crippen LogP contribution in [0.15, 0.2) is 0 Å². The Hall–Kier alpha value is -1.19. The molecule has 1 saturated carbocycles. The van der Waals surface area contributed by atoms with Gasteiger partial charge < -0.3 is 5.73 Å². The minimum absolute atomic E-state index is 0.361. The number of nitrogens with zero attached hydrogens (tertiary/aromatic N) is 3. The lowest BCUT2D eigenvalue weighted by atomic mass is 9.80. The van der Waals surface area contributed by atoms with E-state index < -0.39 is 0 Å². The van der Waals surface area contributed by atoms with Crippen molar-refractivity contribution in [2.45, 2.75) is 51.9 Å². The zero-order valence-corrected chi connectivity index (χ0v) is 10.1. The Morgan fingerprint density at radius 1 is 1.12 bits per heavy atom. The Labute approximate surface area is 96.7 Å². The molecule has 0 radical (unpaired) electrons. The van der Waals surface area contributed by atoms with Crippen LogP contribution < -0.4 is 5.73 Å². The summed E-state index contributed by atoms with van der Waals surface area (Å²) in [5, 5.41) is 0. The van der Waals surface area contributed by atoms with Gasteiger partial charge in [-0.2, -0.15) is 9.97 Å². The maximum atomic E-state index is 5.66. The van der Waals surface area contributed by atoms with Crippen LogP contribution in [0.1, 0.15) is 56.6 Å². The lowest BCUT2D eigenvalue weighted by Crippen LogP contribution is -2.16. The van der Waals surface area contributed by atoms with E-state index >= 15 is 0 Å². The number of nitrogen functional groups attached to an aromatic ring is 1. The van der Waals surface area contributed by atoms with Gasteiger partial charge in [-0.15, -0.1) is 0 Å². The Balaban J connectivity index is 2.08. The molecular formula is C12H20N4. The Bertz CT molecular complexity index is 336. The topological polar surface area (TPSA) is 64.7 Å². The van der Waals surface area contributed by atoms with Crippen LogP contribution in [-0.2, 0) is 0 Å². The van der Waals surface area contributed by atoms with Gasteiger partial charge in [0.1, 0.15) is 11.6 Å². The maximum absolute atomic E-state index is 5.66. The minimum Gasteiger partial charge on any atom is -0.368 e. The zero-order valence-electron chi connectivity index (χ0n) is 10.1. The highest BCUT2D eigenvalue weighted by molar-refractivity contribution is 5.17. The molecule has 0 aliphatic heterocycles. The van der Waals surface area contributed by atoms with Gasteiger partial charge in [0, 0.05) is 5.92 Å². The van der Waals surface area contributed by atoms with Crippen LogP contribution in [-0.4, -0.2) is 15.0 Å². The number of aromatic nitrogens is 3. The van der Waals surface area contributed by atoms with Gasteiger partial charge in [-0.25, -0.2) is 4.98 Å². The van der Waals surface area contributed by atoms with Crippen LogP contribution in [0.2, 0.25) is 0 Å². The van der Waals surface area contributed by atoms with Crippen LogP contribution in [0.4, 0.5) is 5.95 Å². The number of hydrogen-bond donors (Lipinski definition) is 1. The van der Waals surface area contributed by atoms with Gasteiger partial charge in [0.05, 0.1) is 0 Å². The van der Waals surface area contributed by atoms with Crippen molar-refractivity contribution in [2.75, 3.05) is 5.73 Å². The fraction of sp³-hybridized carbons (Fsp3) is 0.750. The van der Waals surface area contributed by atoms with Crippen molar-refractivity contribution in [1.82, 2.24) is 15.0 Å². The minimum atomic E-state index is 0.361. The van der Waals surface area contributed by atoms with Crippen LogP contribution in [0.3, 0.4) is 0 Å². The smallest absolute Gasteiger partial charge is 0.223 e. The van der Waals surface area contributed by atoms with E-state index in [1.807, 2.05) is 6.92 Å². The van der Waals surface area contributed by atoms with E-state index in [0.717, 1.165) is 17.6 Å². The lowest BCUT2D eigenvalue weighted by molar-refractivity contribution is 0.311. The molecule has 1 aromatic heterocycles. The Kier molecular flexibility index (Phi) is 3.36. The quantitative estimate of drug-likeness (QED) is 0.831. The maximum Gasteiger partial charge on any atom is 0.223 e. The molecule has 1 fully saturated rings. The predicted octanol–water partition coefficient (Wildman–Crippen LogP) is 2.45. The molecular weight excluding hydrogens is 200 g/mol. The Morgan fingerprint density at radius 3 is 2.38 bits per heavy atom. The first-order chi connectivity index (χ1) is 7.69. The van der Waals surface area contributed by atoms with Gasteiger partial charge in [-0.1, -0.05) is 13.3 Å². The standard InChI is InChI=1S/C12H20N4/c1-3-9-4-6-10(7-5-9)11-14-8(2)15-12(13)16-11/h9-10H,3-7H2,1-2H3,(H2,13,14,15,16). The molecule has 4 nitrogen and oxygen atoms in total. The van der Waals surface area contributed by atoms with Gasteiger partial charge in [0.15, 0.2) is 0 Å². The highest BCUT2D eigenvalue weighted by atomic mass is 15.1. The third-order valence-electron chi connectivity index (χ3n) is 3.57. The summed E-state index contributed by atoms with van der Waals surface area (Å²) in [6.07, 6.45) is 6.28. The first kappa shape index (κ1) is 11.3. The van der Waals surface area contributed by atoms with Crippen molar-refractivity contribution in [1.29, 1.82) is 0 Å². The van der Waals surface area contributed by atoms with Crippen molar-refractivity contribution < 1.29 is 0 Å². The average molecular weight is 220 g/mol. The molecule has 1 heterocycles. The van der Waals surface area contributed by atoms with E-state index in [4.69, 9.17) is 5.73 Å². The highest BCUT2D eigenvalue weighted by Gasteiger charge is 2.23. The summed E-state index contributed by atoms with van der Waals surface area (Å²) >= 11 is 0. The second-order valence-corrected chi connectivity index (χ2v) is 4.72. The lowest BCUT2D eigenvalue weighted by Gasteiger charge is -2.26. The first-order valence-electron chi connectivity index (χ1n) is 6.17. The van der Waals surface area contributed by atoms with Crippen LogP contribution in [0.25, 0.3) is 0 Å². The van der Waals surface area contributed by atoms with Crippen LogP contribution >= 0.6 is 0 Å². The van der Waals surface area contributed by atoms with Gasteiger partial charge in [0.2, 0.25) is 5.95 Å². The Morgan fingerprint density at radius 2 is 1.81 bits per heavy atom. The molecule has 16 heavy (non-hydrogen) atoms. The molecule has 0 bridgehead atoms. The average Bonchev–Trinajstić information content (AvgIpc) is 2.28. The van der Waals surface area contributed by atoms with Crippen LogP contribution in [0, 0.1) is 12.8 Å². The normalized spacial score (nSPS) is 25.6. The van der Waals surface area contributed by atoms with Crippen molar-refractivity contribution in [3.8, 4) is 0 Å². The summed E-state index contributed by atoms with van der Waals surface area (Å²) in [6, 6.07) is 0. The molecule has 0 saturated heterocycles. The third-order valence-corrected chi connectivity index (χ3v) is 3.57. The second-order valence-electron chi connectivity index (χ2n) is 4.72. The molecule has 88 valence electrons. The molecule has 2 N–H and O–H groups in total. The fourth-order valence-corrected chi connectivity index (χ4v) is 2.54.